The molecule has 0 aromatic carbocycles. The molecule has 1 aliphatic heterocycles. The fourth-order valence-corrected chi connectivity index (χ4v) is 5.11. The van der Waals surface area contributed by atoms with Gasteiger partial charge in [-0.3, -0.25) is 14.7 Å². The second-order valence-electron chi connectivity index (χ2n) is 9.41. The van der Waals surface area contributed by atoms with Crippen LogP contribution in [0.1, 0.15) is 77.2 Å². The van der Waals surface area contributed by atoms with Crippen LogP contribution in [0.25, 0.3) is 11.1 Å². The highest BCUT2D eigenvalue weighted by atomic mass is 16.6. The quantitative estimate of drug-likeness (QED) is 0.356. The summed E-state index contributed by atoms with van der Waals surface area (Å²) < 4.78 is 5.21. The summed E-state index contributed by atoms with van der Waals surface area (Å²) in [5.74, 6) is 0.853. The van der Waals surface area contributed by atoms with Gasteiger partial charge in [0.25, 0.3) is 5.56 Å². The highest BCUT2D eigenvalue weighted by Crippen LogP contribution is 2.24. The summed E-state index contributed by atoms with van der Waals surface area (Å²) >= 11 is 0. The molecule has 4 rings (SSSR count). The average molecular weight is 472 g/mol. The zero-order valence-electron chi connectivity index (χ0n) is 20.5. The molecular weight excluding hydrogens is 434 g/mol. The predicted molar refractivity (Wildman–Crippen MR) is 133 cm³/mol. The zero-order chi connectivity index (χ0) is 23.9. The molecule has 1 aliphatic carbocycles. The van der Waals surface area contributed by atoms with Crippen LogP contribution >= 0.6 is 0 Å². The summed E-state index contributed by atoms with van der Waals surface area (Å²) in [6, 6.07) is 2.03. The third-order valence-electron chi connectivity index (χ3n) is 6.96. The van der Waals surface area contributed by atoms with Gasteiger partial charge in [0.2, 0.25) is 5.71 Å². The Morgan fingerprint density at radius 2 is 1.91 bits per heavy atom. The van der Waals surface area contributed by atoms with Gasteiger partial charge < -0.3 is 14.2 Å². The van der Waals surface area contributed by atoms with Gasteiger partial charge in [-0.15, -0.1) is 0 Å². The van der Waals surface area contributed by atoms with Crippen LogP contribution in [0.4, 0.5) is 0 Å². The minimum Gasteiger partial charge on any atom is -0.403 e. The maximum Gasteiger partial charge on any atom is 0.337 e. The van der Waals surface area contributed by atoms with E-state index < -0.39 is 5.63 Å². The third-order valence-corrected chi connectivity index (χ3v) is 6.96. The van der Waals surface area contributed by atoms with Crippen molar-refractivity contribution in [3.8, 4) is 6.01 Å². The first-order valence-corrected chi connectivity index (χ1v) is 12.9. The number of H-pyrrole nitrogens is 1. The smallest absolute Gasteiger partial charge is 0.337 e. The van der Waals surface area contributed by atoms with Gasteiger partial charge in [-0.2, -0.15) is 4.98 Å². The highest BCUT2D eigenvalue weighted by molar-refractivity contribution is 5.82. The number of hydrogen-bond donors (Lipinski definition) is 1. The summed E-state index contributed by atoms with van der Waals surface area (Å²) in [5, 5.41) is 4.66. The number of piperazine rings is 1. The molecule has 9 heteroatoms. The van der Waals surface area contributed by atoms with Crippen LogP contribution in [-0.4, -0.2) is 57.8 Å². The second-order valence-corrected chi connectivity index (χ2v) is 9.41. The Hall–Kier alpha value is -2.68. The summed E-state index contributed by atoms with van der Waals surface area (Å²) in [5.41, 5.74) is -0.262. The molecule has 186 valence electrons. The Morgan fingerprint density at radius 3 is 2.62 bits per heavy atom. The van der Waals surface area contributed by atoms with Gasteiger partial charge in [0.15, 0.2) is 0 Å². The predicted octanol–water partition coefficient (Wildman–Crippen LogP) is 3.66. The molecule has 2 aromatic heterocycles. The maximum absolute atomic E-state index is 12.8. The molecule has 1 saturated carbocycles. The molecule has 0 spiro atoms. The van der Waals surface area contributed by atoms with Gasteiger partial charge >= 0.3 is 11.6 Å². The largest absolute Gasteiger partial charge is 0.403 e. The van der Waals surface area contributed by atoms with Crippen LogP contribution in [0.15, 0.2) is 25.2 Å². The van der Waals surface area contributed by atoms with E-state index in [2.05, 4.69) is 38.8 Å². The van der Waals surface area contributed by atoms with Gasteiger partial charge in [-0.05, 0) is 37.7 Å². The number of aromatic amines is 1. The highest BCUT2D eigenvalue weighted by Gasteiger charge is 2.26. The number of rotatable bonds is 8. The number of nitrogens with one attached hydrogen (secondary N) is 1. The van der Waals surface area contributed by atoms with E-state index in [1.54, 1.807) is 0 Å². The van der Waals surface area contributed by atoms with E-state index >= 15 is 0 Å². The topological polar surface area (TPSA) is 104 Å². The Morgan fingerprint density at radius 1 is 1.15 bits per heavy atom. The first-order valence-electron chi connectivity index (χ1n) is 12.9. The molecule has 9 nitrogen and oxygen atoms in total. The molecule has 2 aromatic rings. The summed E-state index contributed by atoms with van der Waals surface area (Å²) in [7, 11) is 0. The van der Waals surface area contributed by atoms with Crippen LogP contribution in [0.3, 0.4) is 0 Å². The molecule has 0 radical (unpaired) electrons. The van der Waals surface area contributed by atoms with Crippen molar-refractivity contribution in [2.24, 2.45) is 5.16 Å². The zero-order valence-corrected chi connectivity index (χ0v) is 20.5. The summed E-state index contributed by atoms with van der Waals surface area (Å²) in [6.07, 6.45) is 10.8. The Bertz CT molecular complexity index is 1090. The van der Waals surface area contributed by atoms with Crippen LogP contribution in [0.2, 0.25) is 0 Å². The molecule has 0 unspecified atom stereocenters. The lowest BCUT2D eigenvalue weighted by atomic mass is 9.94. The van der Waals surface area contributed by atoms with Crippen molar-refractivity contribution in [1.29, 1.82) is 0 Å². The van der Waals surface area contributed by atoms with Crippen molar-refractivity contribution in [3.63, 3.8) is 0 Å². The van der Waals surface area contributed by atoms with Gasteiger partial charge in [0.1, 0.15) is 11.2 Å². The minimum absolute atomic E-state index is 0.00862. The van der Waals surface area contributed by atoms with Gasteiger partial charge in [-0.1, -0.05) is 44.7 Å². The van der Waals surface area contributed by atoms with E-state index in [0.717, 1.165) is 63.7 Å². The molecular formula is C25H37N5O4. The lowest BCUT2D eigenvalue weighted by Gasteiger charge is -2.41. The monoisotopic (exact) mass is 471 g/mol. The summed E-state index contributed by atoms with van der Waals surface area (Å²) in [6.45, 7) is 8.06. The van der Waals surface area contributed by atoms with Gasteiger partial charge in [0.05, 0.1) is 0 Å². The van der Waals surface area contributed by atoms with Crippen molar-refractivity contribution in [2.45, 2.75) is 84.1 Å². The molecule has 1 saturated heterocycles. The SMILES string of the molecule is CCCCc1cc(=O)oc2nc(ON=C(CCC)N3CCN(C4CCCCC4)CC3)[nH]c(=O)c12. The van der Waals surface area contributed by atoms with E-state index in [-0.39, 0.29) is 17.3 Å². The van der Waals surface area contributed by atoms with Crippen molar-refractivity contribution < 1.29 is 9.25 Å². The summed E-state index contributed by atoms with van der Waals surface area (Å²) in [4.78, 5) is 42.1. The second kappa shape index (κ2) is 11.6. The average Bonchev–Trinajstić information content (AvgIpc) is 2.85. The van der Waals surface area contributed by atoms with Crippen LogP contribution < -0.4 is 16.0 Å². The normalized spacial score (nSPS) is 18.5. The number of oxime groups is 1. The number of unbranched alkanes of at least 4 members (excludes halogenated alkanes) is 1. The van der Waals surface area contributed by atoms with Crippen LogP contribution in [0, 0.1) is 0 Å². The fraction of sp³-hybridized carbons (Fsp3) is 0.680. The van der Waals surface area contributed by atoms with Crippen molar-refractivity contribution in [1.82, 2.24) is 19.8 Å². The molecule has 34 heavy (non-hydrogen) atoms. The van der Waals surface area contributed by atoms with E-state index in [9.17, 15) is 9.59 Å². The maximum atomic E-state index is 12.8. The molecule has 1 N–H and O–H groups in total. The number of fused-ring (bicyclic) bond motifs is 1. The lowest BCUT2D eigenvalue weighted by molar-refractivity contribution is 0.105. The van der Waals surface area contributed by atoms with Crippen molar-refractivity contribution in [3.05, 3.63) is 32.4 Å². The number of amidine groups is 1. The van der Waals surface area contributed by atoms with Crippen LogP contribution in [0.5, 0.6) is 6.01 Å². The van der Waals surface area contributed by atoms with Gasteiger partial charge in [0, 0.05) is 44.7 Å². The van der Waals surface area contributed by atoms with Crippen molar-refractivity contribution in [2.75, 3.05) is 26.2 Å². The lowest BCUT2D eigenvalue weighted by Crippen LogP contribution is -2.52. The van der Waals surface area contributed by atoms with E-state index in [1.165, 1.54) is 38.2 Å². The Labute approximate surface area is 200 Å². The Kier molecular flexibility index (Phi) is 8.37. The minimum atomic E-state index is -0.520. The molecule has 0 bridgehead atoms. The molecule has 2 fully saturated rings. The van der Waals surface area contributed by atoms with E-state index in [1.807, 2.05) is 0 Å². The molecule has 0 amide bonds. The van der Waals surface area contributed by atoms with Crippen molar-refractivity contribution >= 4 is 16.9 Å². The van der Waals surface area contributed by atoms with E-state index in [0.29, 0.717) is 17.4 Å². The molecule has 2 aliphatic rings. The number of hydrogen-bond acceptors (Lipinski definition) is 7. The first kappa shape index (κ1) is 24.4. The molecule has 3 heterocycles. The van der Waals surface area contributed by atoms with Crippen LogP contribution in [-0.2, 0) is 6.42 Å². The van der Waals surface area contributed by atoms with Gasteiger partial charge in [-0.25, -0.2) is 4.79 Å². The number of aromatic nitrogens is 2. The fourth-order valence-electron chi connectivity index (χ4n) is 5.11. The number of nitrogens with zero attached hydrogens (tertiary/aromatic N) is 4. The first-order chi connectivity index (χ1) is 16.6. The molecule has 0 atom stereocenters. The number of aryl methyl sites for hydroxylation is 1. The Balaban J connectivity index is 1.48. The third kappa shape index (κ3) is 5.87. The standard InChI is InChI=1S/C25H37N5O4/c1-3-5-10-18-17-21(31)33-24-22(18)23(32)26-25(27-24)34-28-20(9-4-2)30-15-13-29(14-16-30)19-11-7-6-8-12-19/h17,19H,3-16H2,1-2H3,(H,26,27,32). The van der Waals surface area contributed by atoms with E-state index in [4.69, 9.17) is 9.25 Å².